The maximum absolute atomic E-state index is 5.64. The average molecular weight is 199 g/mol. The Hall–Kier alpha value is -0.120. The van der Waals surface area contributed by atoms with Crippen molar-refractivity contribution in [1.29, 1.82) is 0 Å². The van der Waals surface area contributed by atoms with Crippen molar-refractivity contribution in [3.63, 3.8) is 0 Å². The van der Waals surface area contributed by atoms with Gasteiger partial charge in [-0.1, -0.05) is 13.8 Å². The molecule has 1 heterocycles. The van der Waals surface area contributed by atoms with Crippen molar-refractivity contribution in [2.45, 2.75) is 32.4 Å². The van der Waals surface area contributed by atoms with Gasteiger partial charge < -0.3 is 5.73 Å². The van der Waals surface area contributed by atoms with Gasteiger partial charge in [0.25, 0.3) is 0 Å². The first-order valence-corrected chi connectivity index (χ1v) is 5.72. The molecule has 1 unspecified atom stereocenters. The van der Waals surface area contributed by atoms with Gasteiger partial charge in [-0.05, 0) is 39.4 Å². The van der Waals surface area contributed by atoms with Gasteiger partial charge in [-0.15, -0.1) is 0 Å². The molecule has 1 fully saturated rings. The highest BCUT2D eigenvalue weighted by molar-refractivity contribution is 4.96. The van der Waals surface area contributed by atoms with Crippen LogP contribution in [0.25, 0.3) is 0 Å². The first-order valence-electron chi connectivity index (χ1n) is 5.72. The average Bonchev–Trinajstić information content (AvgIpc) is 2.44. The lowest BCUT2D eigenvalue weighted by Crippen LogP contribution is -2.58. The van der Waals surface area contributed by atoms with Crippen LogP contribution >= 0.6 is 0 Å². The fraction of sp³-hybridized carbons (Fsp3) is 1.00. The summed E-state index contributed by atoms with van der Waals surface area (Å²) in [5, 5.41) is 0. The van der Waals surface area contributed by atoms with E-state index in [4.69, 9.17) is 5.73 Å². The summed E-state index contributed by atoms with van der Waals surface area (Å²) >= 11 is 0. The van der Waals surface area contributed by atoms with Crippen molar-refractivity contribution in [3.8, 4) is 0 Å². The van der Waals surface area contributed by atoms with Gasteiger partial charge in [0, 0.05) is 13.1 Å². The third kappa shape index (κ3) is 1.69. The fourth-order valence-electron chi connectivity index (χ4n) is 3.13. The van der Waals surface area contributed by atoms with Gasteiger partial charge in [-0.3, -0.25) is 9.80 Å². The van der Waals surface area contributed by atoms with E-state index in [2.05, 4.69) is 37.7 Å². The molecule has 0 aromatic carbocycles. The molecular weight excluding hydrogens is 174 g/mol. The lowest BCUT2D eigenvalue weighted by Gasteiger charge is -2.46. The van der Waals surface area contributed by atoms with Gasteiger partial charge >= 0.3 is 0 Å². The molecule has 0 aromatic heterocycles. The molecule has 0 aromatic rings. The highest BCUT2D eigenvalue weighted by Gasteiger charge is 2.45. The minimum Gasteiger partial charge on any atom is -0.329 e. The maximum atomic E-state index is 5.64. The molecule has 2 atom stereocenters. The van der Waals surface area contributed by atoms with E-state index in [9.17, 15) is 0 Å². The molecule has 1 aliphatic heterocycles. The number of nitrogens with zero attached hydrogens (tertiary/aromatic N) is 2. The van der Waals surface area contributed by atoms with E-state index in [1.54, 1.807) is 0 Å². The molecule has 0 aliphatic carbocycles. The Morgan fingerprint density at radius 1 is 1.57 bits per heavy atom. The van der Waals surface area contributed by atoms with Crippen molar-refractivity contribution in [3.05, 3.63) is 0 Å². The molecule has 2 N–H and O–H groups in total. The SMILES string of the molecule is CC[C@]1(N(C)CCN)C(C)CCN1C. The zero-order chi connectivity index (χ0) is 10.8. The number of likely N-dealkylation sites (N-methyl/N-ethyl adjacent to an activating group) is 1. The Kier molecular flexibility index (Phi) is 3.93. The Labute approximate surface area is 88.2 Å². The van der Waals surface area contributed by atoms with Crippen LogP contribution in [0.2, 0.25) is 0 Å². The van der Waals surface area contributed by atoms with Crippen LogP contribution in [0.3, 0.4) is 0 Å². The summed E-state index contributed by atoms with van der Waals surface area (Å²) in [6.07, 6.45) is 2.49. The maximum Gasteiger partial charge on any atom is 0.0757 e. The normalized spacial score (nSPS) is 34.3. The summed E-state index contributed by atoms with van der Waals surface area (Å²) in [5.41, 5.74) is 5.89. The van der Waals surface area contributed by atoms with Crippen LogP contribution < -0.4 is 5.73 Å². The van der Waals surface area contributed by atoms with E-state index in [-0.39, 0.29) is 5.66 Å². The highest BCUT2D eigenvalue weighted by atomic mass is 15.4. The third-order valence-electron chi connectivity index (χ3n) is 3.99. The number of rotatable bonds is 4. The van der Waals surface area contributed by atoms with Crippen molar-refractivity contribution < 1.29 is 0 Å². The van der Waals surface area contributed by atoms with Crippen LogP contribution in [0.15, 0.2) is 0 Å². The molecule has 14 heavy (non-hydrogen) atoms. The molecule has 1 aliphatic rings. The number of nitrogens with two attached hydrogens (primary N) is 1. The standard InChI is InChI=1S/C11H25N3/c1-5-11(14(4)9-7-12)10(2)6-8-13(11)3/h10H,5-9,12H2,1-4H3/t10?,11-/m0/s1. The zero-order valence-corrected chi connectivity index (χ0v) is 10.1. The molecule has 0 amide bonds. The van der Waals surface area contributed by atoms with E-state index < -0.39 is 0 Å². The summed E-state index contributed by atoms with van der Waals surface area (Å²) in [6.45, 7) is 7.59. The van der Waals surface area contributed by atoms with E-state index in [0.717, 1.165) is 19.0 Å². The van der Waals surface area contributed by atoms with Crippen LogP contribution in [0.5, 0.6) is 0 Å². The molecule has 0 radical (unpaired) electrons. The van der Waals surface area contributed by atoms with Gasteiger partial charge in [0.15, 0.2) is 0 Å². The van der Waals surface area contributed by atoms with Crippen molar-refractivity contribution >= 4 is 0 Å². The number of likely N-dealkylation sites (tertiary alicyclic amines) is 1. The summed E-state index contributed by atoms with van der Waals surface area (Å²) in [7, 11) is 4.44. The quantitative estimate of drug-likeness (QED) is 0.732. The minimum atomic E-state index is 0.249. The van der Waals surface area contributed by atoms with Crippen molar-refractivity contribution in [1.82, 2.24) is 9.80 Å². The summed E-state index contributed by atoms with van der Waals surface area (Å²) in [4.78, 5) is 4.93. The number of hydrogen-bond acceptors (Lipinski definition) is 3. The second kappa shape index (κ2) is 4.60. The Bertz CT molecular complexity index is 171. The predicted octanol–water partition coefficient (Wildman–Crippen LogP) is 0.955. The summed E-state index contributed by atoms with van der Waals surface area (Å²) in [6, 6.07) is 0. The van der Waals surface area contributed by atoms with Gasteiger partial charge in [-0.2, -0.15) is 0 Å². The molecule has 1 rings (SSSR count). The molecule has 3 heteroatoms. The Morgan fingerprint density at radius 2 is 2.21 bits per heavy atom. The molecule has 0 saturated carbocycles. The first-order chi connectivity index (χ1) is 6.59. The molecular formula is C11H25N3. The van der Waals surface area contributed by atoms with Crippen LogP contribution in [0.1, 0.15) is 26.7 Å². The molecule has 1 saturated heterocycles. The van der Waals surface area contributed by atoms with Gasteiger partial charge in [0.1, 0.15) is 0 Å². The molecule has 3 nitrogen and oxygen atoms in total. The second-order valence-corrected chi connectivity index (χ2v) is 4.55. The largest absolute Gasteiger partial charge is 0.329 e. The third-order valence-corrected chi connectivity index (χ3v) is 3.99. The van der Waals surface area contributed by atoms with Gasteiger partial charge in [0.05, 0.1) is 5.66 Å². The van der Waals surface area contributed by atoms with Crippen molar-refractivity contribution in [2.24, 2.45) is 11.7 Å². The van der Waals surface area contributed by atoms with Crippen molar-refractivity contribution in [2.75, 3.05) is 33.7 Å². The topological polar surface area (TPSA) is 32.5 Å². The van der Waals surface area contributed by atoms with E-state index in [1.807, 2.05) is 0 Å². The molecule has 0 spiro atoms. The number of hydrogen-bond donors (Lipinski definition) is 1. The summed E-state index contributed by atoms with van der Waals surface area (Å²) in [5.74, 6) is 0.744. The first kappa shape index (κ1) is 12.0. The fourth-order valence-corrected chi connectivity index (χ4v) is 3.13. The smallest absolute Gasteiger partial charge is 0.0757 e. The van der Waals surface area contributed by atoms with Crippen LogP contribution in [0, 0.1) is 5.92 Å². The van der Waals surface area contributed by atoms with Crippen LogP contribution in [0.4, 0.5) is 0 Å². The van der Waals surface area contributed by atoms with Gasteiger partial charge in [-0.25, -0.2) is 0 Å². The lowest BCUT2D eigenvalue weighted by atomic mass is 9.91. The highest BCUT2D eigenvalue weighted by Crippen LogP contribution is 2.38. The summed E-state index contributed by atoms with van der Waals surface area (Å²) < 4.78 is 0. The predicted molar refractivity (Wildman–Crippen MR) is 61.1 cm³/mol. The van der Waals surface area contributed by atoms with E-state index in [1.165, 1.54) is 19.4 Å². The Morgan fingerprint density at radius 3 is 2.57 bits per heavy atom. The van der Waals surface area contributed by atoms with E-state index in [0.29, 0.717) is 0 Å². The monoisotopic (exact) mass is 199 g/mol. The van der Waals surface area contributed by atoms with Gasteiger partial charge in [0.2, 0.25) is 0 Å². The second-order valence-electron chi connectivity index (χ2n) is 4.55. The Balaban J connectivity index is 2.82. The zero-order valence-electron chi connectivity index (χ0n) is 10.1. The molecule has 0 bridgehead atoms. The van der Waals surface area contributed by atoms with Crippen LogP contribution in [-0.2, 0) is 0 Å². The molecule has 84 valence electrons. The van der Waals surface area contributed by atoms with E-state index >= 15 is 0 Å². The minimum absolute atomic E-state index is 0.249. The lowest BCUT2D eigenvalue weighted by molar-refractivity contribution is -0.0285. The van der Waals surface area contributed by atoms with Crippen LogP contribution in [-0.4, -0.2) is 49.2 Å².